The highest BCUT2D eigenvalue weighted by Crippen LogP contribution is 2.26. The first kappa shape index (κ1) is 18.1. The molecule has 2 aromatic carbocycles. The monoisotopic (exact) mass is 396 g/mol. The van der Waals surface area contributed by atoms with Gasteiger partial charge in [-0.05, 0) is 42.8 Å². The van der Waals surface area contributed by atoms with Crippen molar-refractivity contribution in [3.8, 4) is 5.69 Å². The fourth-order valence-electron chi connectivity index (χ4n) is 2.93. The van der Waals surface area contributed by atoms with Crippen LogP contribution in [-0.2, 0) is 4.74 Å². The van der Waals surface area contributed by atoms with Gasteiger partial charge in [0, 0.05) is 22.6 Å². The van der Waals surface area contributed by atoms with Gasteiger partial charge in [0.15, 0.2) is 0 Å². The first-order valence-electron chi connectivity index (χ1n) is 8.68. The minimum absolute atomic E-state index is 0.294. The molecule has 0 saturated carbocycles. The molecule has 1 fully saturated rings. The Hall–Kier alpha value is -3.32. The van der Waals surface area contributed by atoms with Crippen molar-refractivity contribution < 1.29 is 14.3 Å². The van der Waals surface area contributed by atoms with E-state index in [1.165, 1.54) is 11.1 Å². The zero-order valence-electron chi connectivity index (χ0n) is 15.1. The molecule has 1 aliphatic heterocycles. The third kappa shape index (κ3) is 3.57. The highest BCUT2D eigenvalue weighted by molar-refractivity contribution is 6.30. The van der Waals surface area contributed by atoms with Crippen LogP contribution in [0, 0.1) is 6.92 Å². The summed E-state index contributed by atoms with van der Waals surface area (Å²) in [5.41, 5.74) is 3.35. The van der Waals surface area contributed by atoms with E-state index in [1.54, 1.807) is 29.1 Å². The van der Waals surface area contributed by atoms with Crippen LogP contribution in [0.25, 0.3) is 5.69 Å². The highest BCUT2D eigenvalue weighted by atomic mass is 35.5. The van der Waals surface area contributed by atoms with Crippen LogP contribution in [0.2, 0.25) is 5.02 Å². The first-order valence-corrected chi connectivity index (χ1v) is 9.06. The number of hydrogen-bond donors (Lipinski definition) is 1. The average molecular weight is 397 g/mol. The second-order valence-electron chi connectivity index (χ2n) is 6.37. The van der Waals surface area contributed by atoms with Gasteiger partial charge in [-0.2, -0.15) is 5.10 Å². The number of aryl methyl sites for hydroxylation is 1. The number of cyclic esters (lactones) is 1. The molecule has 1 N–H and O–H groups in total. The Labute approximate surface area is 166 Å². The maximum atomic E-state index is 12.7. The lowest BCUT2D eigenvalue weighted by Crippen LogP contribution is -2.23. The number of anilines is 2. The van der Waals surface area contributed by atoms with Crippen LogP contribution in [0.4, 0.5) is 16.2 Å². The number of amides is 2. The van der Waals surface area contributed by atoms with Crippen LogP contribution >= 0.6 is 11.6 Å². The highest BCUT2D eigenvalue weighted by Gasteiger charge is 2.24. The van der Waals surface area contributed by atoms with Crippen LogP contribution in [-0.4, -0.2) is 34.9 Å². The molecule has 0 unspecified atom stereocenters. The van der Waals surface area contributed by atoms with Crippen LogP contribution in [0.5, 0.6) is 0 Å². The molecule has 0 bridgehead atoms. The molecule has 4 rings (SSSR count). The summed E-state index contributed by atoms with van der Waals surface area (Å²) in [4.78, 5) is 26.0. The van der Waals surface area contributed by atoms with Gasteiger partial charge in [0.2, 0.25) is 0 Å². The minimum atomic E-state index is -0.385. The maximum absolute atomic E-state index is 12.7. The van der Waals surface area contributed by atoms with Gasteiger partial charge in [-0.25, -0.2) is 9.48 Å². The summed E-state index contributed by atoms with van der Waals surface area (Å²) in [5.74, 6) is -0.294. The van der Waals surface area contributed by atoms with E-state index in [-0.39, 0.29) is 12.0 Å². The van der Waals surface area contributed by atoms with Crippen molar-refractivity contribution in [3.63, 3.8) is 0 Å². The van der Waals surface area contributed by atoms with Crippen molar-refractivity contribution in [3.05, 3.63) is 71.0 Å². The molecule has 8 heteroatoms. The summed E-state index contributed by atoms with van der Waals surface area (Å²) in [6.07, 6.45) is 2.74. The van der Waals surface area contributed by atoms with E-state index < -0.39 is 0 Å². The fourth-order valence-corrected chi connectivity index (χ4v) is 3.12. The molecular weight excluding hydrogens is 380 g/mol. The van der Waals surface area contributed by atoms with Crippen LogP contribution in [0.1, 0.15) is 15.9 Å². The Morgan fingerprint density at radius 1 is 1.21 bits per heavy atom. The molecule has 1 aromatic heterocycles. The number of aromatic nitrogens is 2. The van der Waals surface area contributed by atoms with Gasteiger partial charge in [-0.3, -0.25) is 9.69 Å². The molecule has 1 aliphatic rings. The van der Waals surface area contributed by atoms with E-state index in [9.17, 15) is 9.59 Å². The van der Waals surface area contributed by atoms with Gasteiger partial charge in [0.1, 0.15) is 6.61 Å². The molecule has 2 heterocycles. The number of nitrogens with one attached hydrogen (secondary N) is 1. The third-order valence-corrected chi connectivity index (χ3v) is 4.69. The SMILES string of the molecule is Cc1ccc(N2CCOC2=O)cc1NC(=O)c1cnn(-c2cccc(Cl)c2)c1. The molecule has 2 amide bonds. The number of rotatable bonds is 4. The van der Waals surface area contributed by atoms with Gasteiger partial charge in [-0.1, -0.05) is 23.7 Å². The summed E-state index contributed by atoms with van der Waals surface area (Å²) in [7, 11) is 0. The largest absolute Gasteiger partial charge is 0.447 e. The number of hydrogen-bond acceptors (Lipinski definition) is 4. The zero-order valence-corrected chi connectivity index (χ0v) is 15.8. The van der Waals surface area contributed by atoms with Gasteiger partial charge in [0.25, 0.3) is 5.91 Å². The summed E-state index contributed by atoms with van der Waals surface area (Å²) >= 11 is 6.01. The van der Waals surface area contributed by atoms with Crippen molar-refractivity contribution in [2.24, 2.45) is 0 Å². The average Bonchev–Trinajstić information content (AvgIpc) is 3.33. The van der Waals surface area contributed by atoms with Gasteiger partial charge >= 0.3 is 6.09 Å². The van der Waals surface area contributed by atoms with E-state index in [4.69, 9.17) is 16.3 Å². The molecule has 0 atom stereocenters. The van der Waals surface area contributed by atoms with E-state index in [2.05, 4.69) is 10.4 Å². The standard InChI is InChI=1S/C20H17ClN4O3/c1-13-5-6-16(24-7-8-28-20(24)27)10-18(13)23-19(26)14-11-22-25(12-14)17-4-2-3-15(21)9-17/h2-6,9-12H,7-8H2,1H3,(H,23,26). The van der Waals surface area contributed by atoms with E-state index >= 15 is 0 Å². The van der Waals surface area contributed by atoms with Gasteiger partial charge in [0.05, 0.1) is 24.0 Å². The van der Waals surface area contributed by atoms with Crippen LogP contribution < -0.4 is 10.2 Å². The quantitative estimate of drug-likeness (QED) is 0.722. The molecule has 0 aliphatic carbocycles. The number of nitrogens with zero attached hydrogens (tertiary/aromatic N) is 3. The zero-order chi connectivity index (χ0) is 19.7. The molecule has 7 nitrogen and oxygen atoms in total. The molecule has 0 spiro atoms. The van der Waals surface area contributed by atoms with E-state index in [0.717, 1.165) is 11.3 Å². The predicted octanol–water partition coefficient (Wildman–Crippen LogP) is 4.04. The van der Waals surface area contributed by atoms with Gasteiger partial charge < -0.3 is 10.1 Å². The van der Waals surface area contributed by atoms with Crippen molar-refractivity contribution in [2.75, 3.05) is 23.4 Å². The lowest BCUT2D eigenvalue weighted by molar-refractivity contribution is 0.102. The number of benzene rings is 2. The Morgan fingerprint density at radius 3 is 2.82 bits per heavy atom. The van der Waals surface area contributed by atoms with E-state index in [0.29, 0.717) is 35.1 Å². The van der Waals surface area contributed by atoms with Crippen molar-refractivity contribution in [1.29, 1.82) is 0 Å². The summed E-state index contributed by atoms with van der Waals surface area (Å²) in [6.45, 7) is 2.73. The Morgan fingerprint density at radius 2 is 2.07 bits per heavy atom. The molecule has 142 valence electrons. The third-order valence-electron chi connectivity index (χ3n) is 4.46. The van der Waals surface area contributed by atoms with E-state index in [1.807, 2.05) is 31.2 Å². The number of carbonyl (C=O) groups excluding carboxylic acids is 2. The first-order chi connectivity index (χ1) is 13.5. The normalized spacial score (nSPS) is 13.5. The maximum Gasteiger partial charge on any atom is 0.414 e. The summed E-state index contributed by atoms with van der Waals surface area (Å²) < 4.78 is 6.56. The van der Waals surface area contributed by atoms with Crippen LogP contribution in [0.15, 0.2) is 54.9 Å². The fraction of sp³-hybridized carbons (Fsp3) is 0.150. The Balaban J connectivity index is 1.55. The lowest BCUT2D eigenvalue weighted by Gasteiger charge is -2.15. The molecule has 1 saturated heterocycles. The second-order valence-corrected chi connectivity index (χ2v) is 6.81. The number of halogens is 1. The summed E-state index contributed by atoms with van der Waals surface area (Å²) in [6, 6.07) is 12.6. The molecular formula is C20H17ClN4O3. The van der Waals surface area contributed by atoms with Crippen molar-refractivity contribution in [2.45, 2.75) is 6.92 Å². The topological polar surface area (TPSA) is 76.5 Å². The number of carbonyl (C=O) groups is 2. The molecule has 0 radical (unpaired) electrons. The number of ether oxygens (including phenoxy) is 1. The smallest absolute Gasteiger partial charge is 0.414 e. The molecule has 3 aromatic rings. The Bertz CT molecular complexity index is 1060. The summed E-state index contributed by atoms with van der Waals surface area (Å²) in [5, 5.41) is 7.70. The van der Waals surface area contributed by atoms with Crippen LogP contribution in [0.3, 0.4) is 0 Å². The lowest BCUT2D eigenvalue weighted by atomic mass is 10.1. The molecule has 28 heavy (non-hydrogen) atoms. The predicted molar refractivity (Wildman–Crippen MR) is 106 cm³/mol. The minimum Gasteiger partial charge on any atom is -0.447 e. The van der Waals surface area contributed by atoms with Crippen molar-refractivity contribution >= 4 is 35.0 Å². The van der Waals surface area contributed by atoms with Gasteiger partial charge in [-0.15, -0.1) is 0 Å². The Kier molecular flexibility index (Phi) is 4.75. The second kappa shape index (κ2) is 7.36. The van der Waals surface area contributed by atoms with Crippen molar-refractivity contribution in [1.82, 2.24) is 9.78 Å².